The summed E-state index contributed by atoms with van der Waals surface area (Å²) < 4.78 is 0. The van der Waals surface area contributed by atoms with Crippen LogP contribution in [0.25, 0.3) is 0 Å². The van der Waals surface area contributed by atoms with Gasteiger partial charge in [0.2, 0.25) is 0 Å². The number of likely N-dealkylation sites (tertiary alicyclic amines) is 1. The maximum atomic E-state index is 3.03. The van der Waals surface area contributed by atoms with E-state index in [1.165, 1.54) is 90.0 Å². The van der Waals surface area contributed by atoms with E-state index in [0.29, 0.717) is 0 Å². The van der Waals surface area contributed by atoms with Crippen molar-refractivity contribution in [2.24, 2.45) is 11.8 Å². The van der Waals surface area contributed by atoms with Gasteiger partial charge in [-0.3, -0.25) is 4.90 Å². The molecule has 0 N–H and O–H groups in total. The van der Waals surface area contributed by atoms with Crippen LogP contribution in [0.15, 0.2) is 0 Å². The van der Waals surface area contributed by atoms with E-state index in [-0.39, 0.29) is 0 Å². The molecule has 3 fully saturated rings. The molecule has 3 aliphatic rings. The predicted molar refractivity (Wildman–Crippen MR) is 96.2 cm³/mol. The minimum Gasteiger partial charge on any atom is -0.297 e. The van der Waals surface area contributed by atoms with Crippen molar-refractivity contribution in [2.45, 2.75) is 115 Å². The molecule has 0 aromatic rings. The Kier molecular flexibility index (Phi) is 6.65. The van der Waals surface area contributed by atoms with Crippen LogP contribution in [-0.4, -0.2) is 23.5 Å². The van der Waals surface area contributed by atoms with Gasteiger partial charge in [0.15, 0.2) is 0 Å². The third kappa shape index (κ3) is 3.89. The zero-order valence-electron chi connectivity index (χ0n) is 15.1. The van der Waals surface area contributed by atoms with Crippen molar-refractivity contribution in [3.63, 3.8) is 0 Å². The van der Waals surface area contributed by atoms with E-state index < -0.39 is 0 Å². The predicted octanol–water partition coefficient (Wildman–Crippen LogP) is 6.17. The fraction of sp³-hybridized carbons (Fsp3) is 1.00. The molecule has 0 spiro atoms. The molecule has 1 heteroatoms. The van der Waals surface area contributed by atoms with Gasteiger partial charge >= 0.3 is 0 Å². The lowest BCUT2D eigenvalue weighted by atomic mass is 9.79. The summed E-state index contributed by atoms with van der Waals surface area (Å²) in [6, 6.07) is 1.90. The first-order valence-electron chi connectivity index (χ1n) is 10.7. The second kappa shape index (κ2) is 8.71. The Bertz CT molecular complexity index is 285. The van der Waals surface area contributed by atoms with Gasteiger partial charge in [0.05, 0.1) is 0 Å². The first-order chi connectivity index (χ1) is 10.9. The monoisotopic (exact) mass is 305 g/mol. The lowest BCUT2D eigenvalue weighted by molar-refractivity contribution is 0.155. The summed E-state index contributed by atoms with van der Waals surface area (Å²) >= 11 is 0. The average Bonchev–Trinajstić information content (AvgIpc) is 2.89. The van der Waals surface area contributed by atoms with E-state index in [0.717, 1.165) is 23.9 Å². The van der Waals surface area contributed by atoms with Gasteiger partial charge in [0, 0.05) is 12.1 Å². The van der Waals surface area contributed by atoms with Crippen LogP contribution in [0.5, 0.6) is 0 Å². The second-order valence-electron chi connectivity index (χ2n) is 8.39. The fourth-order valence-corrected chi connectivity index (χ4v) is 6.00. The zero-order valence-corrected chi connectivity index (χ0v) is 15.1. The van der Waals surface area contributed by atoms with Crippen molar-refractivity contribution in [2.75, 3.05) is 6.54 Å². The van der Waals surface area contributed by atoms with E-state index in [9.17, 15) is 0 Å². The van der Waals surface area contributed by atoms with E-state index in [2.05, 4.69) is 11.8 Å². The SMILES string of the molecule is CCCN1C2CCCCCCCC2C2CCCCCCCC21. The number of rotatable bonds is 2. The molecule has 22 heavy (non-hydrogen) atoms. The highest BCUT2D eigenvalue weighted by atomic mass is 15.2. The van der Waals surface area contributed by atoms with Crippen molar-refractivity contribution < 1.29 is 0 Å². The normalized spacial score (nSPS) is 38.6. The van der Waals surface area contributed by atoms with Gasteiger partial charge in [0.25, 0.3) is 0 Å². The fourth-order valence-electron chi connectivity index (χ4n) is 6.00. The standard InChI is InChI=1S/C21H39N/c1-2-17-22-20-15-11-7-3-5-9-13-18(20)19-14-10-6-4-8-12-16-21(19)22/h18-21H,2-17H2,1H3. The zero-order chi connectivity index (χ0) is 15.2. The van der Waals surface area contributed by atoms with Crippen LogP contribution in [-0.2, 0) is 0 Å². The minimum atomic E-state index is 0.951. The van der Waals surface area contributed by atoms with Gasteiger partial charge in [-0.25, -0.2) is 0 Å². The largest absolute Gasteiger partial charge is 0.297 e. The highest BCUT2D eigenvalue weighted by Crippen LogP contribution is 2.46. The van der Waals surface area contributed by atoms with Crippen LogP contribution in [0.1, 0.15) is 103 Å². The summed E-state index contributed by atoms with van der Waals surface area (Å²) in [7, 11) is 0. The molecule has 0 aromatic heterocycles. The Morgan fingerprint density at radius 3 is 1.45 bits per heavy atom. The first kappa shape index (κ1) is 16.8. The Morgan fingerprint density at radius 1 is 0.591 bits per heavy atom. The maximum absolute atomic E-state index is 3.03. The number of nitrogens with zero attached hydrogens (tertiary/aromatic N) is 1. The third-order valence-electron chi connectivity index (χ3n) is 6.95. The molecule has 4 atom stereocenters. The topological polar surface area (TPSA) is 3.24 Å². The molecule has 2 aliphatic carbocycles. The molecular formula is C21H39N. The number of hydrogen-bond acceptors (Lipinski definition) is 1. The summed E-state index contributed by atoms with van der Waals surface area (Å²) in [5, 5.41) is 0. The lowest BCUT2D eigenvalue weighted by Gasteiger charge is -2.32. The molecule has 1 aliphatic heterocycles. The van der Waals surface area contributed by atoms with Crippen molar-refractivity contribution in [1.29, 1.82) is 0 Å². The van der Waals surface area contributed by atoms with Gasteiger partial charge in [-0.15, -0.1) is 0 Å². The van der Waals surface area contributed by atoms with Crippen LogP contribution in [0.3, 0.4) is 0 Å². The van der Waals surface area contributed by atoms with Crippen molar-refractivity contribution >= 4 is 0 Å². The average molecular weight is 306 g/mol. The van der Waals surface area contributed by atoms with Gasteiger partial charge < -0.3 is 0 Å². The summed E-state index contributed by atoms with van der Waals surface area (Å²) in [5.41, 5.74) is 0. The molecule has 1 heterocycles. The summed E-state index contributed by atoms with van der Waals surface area (Å²) in [6.07, 6.45) is 22.5. The molecular weight excluding hydrogens is 266 g/mol. The van der Waals surface area contributed by atoms with Crippen molar-refractivity contribution in [3.8, 4) is 0 Å². The third-order valence-corrected chi connectivity index (χ3v) is 6.95. The number of fused-ring (bicyclic) bond motifs is 3. The summed E-state index contributed by atoms with van der Waals surface area (Å²) in [6.45, 7) is 3.77. The van der Waals surface area contributed by atoms with Crippen LogP contribution in [0, 0.1) is 11.8 Å². The molecule has 128 valence electrons. The quantitative estimate of drug-likeness (QED) is 0.589. The Hall–Kier alpha value is -0.0400. The van der Waals surface area contributed by atoms with Gasteiger partial charge in [-0.2, -0.15) is 0 Å². The maximum Gasteiger partial charge on any atom is 0.0130 e. The molecule has 4 unspecified atom stereocenters. The van der Waals surface area contributed by atoms with Gasteiger partial charge in [-0.1, -0.05) is 71.1 Å². The first-order valence-corrected chi connectivity index (χ1v) is 10.7. The van der Waals surface area contributed by atoms with Crippen LogP contribution >= 0.6 is 0 Å². The van der Waals surface area contributed by atoms with Crippen LogP contribution < -0.4 is 0 Å². The van der Waals surface area contributed by atoms with Crippen molar-refractivity contribution in [3.05, 3.63) is 0 Å². The van der Waals surface area contributed by atoms with Crippen LogP contribution in [0.4, 0.5) is 0 Å². The molecule has 0 radical (unpaired) electrons. The van der Waals surface area contributed by atoms with E-state index >= 15 is 0 Å². The number of hydrogen-bond donors (Lipinski definition) is 0. The van der Waals surface area contributed by atoms with E-state index in [1.54, 1.807) is 12.8 Å². The molecule has 0 amide bonds. The van der Waals surface area contributed by atoms with Gasteiger partial charge in [-0.05, 0) is 50.5 Å². The van der Waals surface area contributed by atoms with Crippen molar-refractivity contribution in [1.82, 2.24) is 4.90 Å². The molecule has 2 saturated carbocycles. The Balaban J connectivity index is 1.79. The molecule has 1 nitrogen and oxygen atoms in total. The van der Waals surface area contributed by atoms with E-state index in [4.69, 9.17) is 0 Å². The van der Waals surface area contributed by atoms with Gasteiger partial charge in [0.1, 0.15) is 0 Å². The smallest absolute Gasteiger partial charge is 0.0130 e. The van der Waals surface area contributed by atoms with Crippen LogP contribution in [0.2, 0.25) is 0 Å². The Labute approximate surface area is 139 Å². The van der Waals surface area contributed by atoms with E-state index in [1.807, 2.05) is 0 Å². The minimum absolute atomic E-state index is 0.951. The molecule has 3 rings (SSSR count). The lowest BCUT2D eigenvalue weighted by Crippen LogP contribution is -2.38. The summed E-state index contributed by atoms with van der Waals surface area (Å²) in [4.78, 5) is 3.03. The second-order valence-corrected chi connectivity index (χ2v) is 8.39. The summed E-state index contributed by atoms with van der Waals surface area (Å²) in [5.74, 6) is 2.10. The Morgan fingerprint density at radius 2 is 1.00 bits per heavy atom. The highest BCUT2D eigenvalue weighted by molar-refractivity contribution is 5.00. The highest BCUT2D eigenvalue weighted by Gasteiger charge is 2.46. The molecule has 0 aromatic carbocycles. The molecule has 1 saturated heterocycles. The molecule has 0 bridgehead atoms.